The van der Waals surface area contributed by atoms with Crippen molar-refractivity contribution in [1.82, 2.24) is 5.43 Å². The summed E-state index contributed by atoms with van der Waals surface area (Å²) < 4.78 is 16.9. The van der Waals surface area contributed by atoms with Crippen LogP contribution in [0.4, 0.5) is 4.79 Å². The van der Waals surface area contributed by atoms with Crippen LogP contribution >= 0.6 is 0 Å². The normalized spacial score (nSPS) is 14.4. The number of carbonyl (C=O) groups is 1. The Morgan fingerprint density at radius 1 is 1.07 bits per heavy atom. The quantitative estimate of drug-likeness (QED) is 0.367. The molecule has 1 aliphatic carbocycles. The molecule has 0 aliphatic heterocycles. The van der Waals surface area contributed by atoms with Crippen molar-refractivity contribution in [2.45, 2.75) is 38.0 Å². The number of ether oxygens (including phenoxy) is 3. The molecule has 0 saturated heterocycles. The number of methoxy groups -OCH3 is 1. The van der Waals surface area contributed by atoms with Crippen molar-refractivity contribution in [3.63, 3.8) is 0 Å². The molecule has 1 aliphatic rings. The molecule has 7 heteroatoms. The van der Waals surface area contributed by atoms with Gasteiger partial charge in [-0.25, -0.2) is 10.2 Å². The first kappa shape index (κ1) is 21.5. The highest BCUT2D eigenvalue weighted by atomic mass is 16.5. The monoisotopic (exact) mass is 411 g/mol. The van der Waals surface area contributed by atoms with Gasteiger partial charge in [0.2, 0.25) is 0 Å². The average molecular weight is 412 g/mol. The lowest BCUT2D eigenvalue weighted by Gasteiger charge is -2.22. The van der Waals surface area contributed by atoms with Gasteiger partial charge in [0.15, 0.2) is 11.5 Å². The molecule has 3 N–H and O–H groups in total. The van der Waals surface area contributed by atoms with Crippen LogP contribution in [0, 0.1) is 0 Å². The summed E-state index contributed by atoms with van der Waals surface area (Å²) in [6, 6.07) is 13.1. The summed E-state index contributed by atoms with van der Waals surface area (Å²) in [6.45, 7) is 0.815. The smallest absolute Gasteiger partial charge is 0.332 e. The number of urea groups is 1. The minimum Gasteiger partial charge on any atom is -0.493 e. The van der Waals surface area contributed by atoms with Gasteiger partial charge in [-0.1, -0.05) is 31.4 Å². The zero-order valence-electron chi connectivity index (χ0n) is 17.3. The first-order valence-electron chi connectivity index (χ1n) is 10.3. The third-order valence-corrected chi connectivity index (χ3v) is 5.14. The fourth-order valence-corrected chi connectivity index (χ4v) is 3.64. The molecular weight excluding hydrogens is 382 g/mol. The Kier molecular flexibility index (Phi) is 7.94. The predicted octanol–water partition coefficient (Wildman–Crippen LogP) is 4.20. The van der Waals surface area contributed by atoms with E-state index in [4.69, 9.17) is 19.9 Å². The van der Waals surface area contributed by atoms with Crippen molar-refractivity contribution in [3.05, 3.63) is 53.6 Å². The fourth-order valence-electron chi connectivity index (χ4n) is 3.64. The number of nitrogens with one attached hydrogen (secondary N) is 1. The van der Waals surface area contributed by atoms with E-state index in [1.807, 2.05) is 12.1 Å². The van der Waals surface area contributed by atoms with Gasteiger partial charge < -0.3 is 19.9 Å². The molecule has 0 radical (unpaired) electrons. The van der Waals surface area contributed by atoms with Crippen LogP contribution in [0.15, 0.2) is 47.6 Å². The summed E-state index contributed by atoms with van der Waals surface area (Å²) in [5.41, 5.74) is 9.27. The maximum absolute atomic E-state index is 10.6. The third-order valence-electron chi connectivity index (χ3n) is 5.14. The van der Waals surface area contributed by atoms with Gasteiger partial charge in [0.05, 0.1) is 13.3 Å². The molecule has 7 nitrogen and oxygen atoms in total. The average Bonchev–Trinajstić information content (AvgIpc) is 2.78. The van der Waals surface area contributed by atoms with Crippen molar-refractivity contribution in [1.29, 1.82) is 0 Å². The zero-order valence-corrected chi connectivity index (χ0v) is 17.3. The lowest BCUT2D eigenvalue weighted by atomic mass is 9.84. The molecule has 2 amide bonds. The summed E-state index contributed by atoms with van der Waals surface area (Å²) in [7, 11) is 1.56. The number of benzene rings is 2. The van der Waals surface area contributed by atoms with Gasteiger partial charge in [0.1, 0.15) is 19.0 Å². The third kappa shape index (κ3) is 6.40. The van der Waals surface area contributed by atoms with Crippen molar-refractivity contribution in [2.75, 3.05) is 20.3 Å². The summed E-state index contributed by atoms with van der Waals surface area (Å²) in [5.74, 6) is 2.71. The van der Waals surface area contributed by atoms with Crippen molar-refractivity contribution in [3.8, 4) is 17.2 Å². The number of amides is 2. The standard InChI is InChI=1S/C23H29N3O4/c1-28-22-15-17(16-25-26-23(24)27)7-12-21(22)30-14-13-29-20-10-8-19(9-11-20)18-5-3-2-4-6-18/h7-12,15-16,18H,2-6,13-14H2,1H3,(H3,24,26,27)/b25-16+. The summed E-state index contributed by atoms with van der Waals surface area (Å²) >= 11 is 0. The van der Waals surface area contributed by atoms with Crippen LogP contribution < -0.4 is 25.4 Å². The first-order chi connectivity index (χ1) is 14.7. The molecule has 2 aromatic rings. The van der Waals surface area contributed by atoms with Crippen LogP contribution in [-0.2, 0) is 0 Å². The van der Waals surface area contributed by atoms with Gasteiger partial charge in [-0.2, -0.15) is 5.10 Å². The van der Waals surface area contributed by atoms with E-state index in [1.54, 1.807) is 25.3 Å². The van der Waals surface area contributed by atoms with Crippen molar-refractivity contribution < 1.29 is 19.0 Å². The predicted molar refractivity (Wildman–Crippen MR) is 117 cm³/mol. The Morgan fingerprint density at radius 2 is 1.80 bits per heavy atom. The number of primary amides is 1. The highest BCUT2D eigenvalue weighted by Crippen LogP contribution is 2.33. The van der Waals surface area contributed by atoms with Gasteiger partial charge in [-0.3, -0.25) is 0 Å². The topological polar surface area (TPSA) is 95.2 Å². The number of hydrogen-bond donors (Lipinski definition) is 2. The van der Waals surface area contributed by atoms with E-state index >= 15 is 0 Å². The molecule has 30 heavy (non-hydrogen) atoms. The fraction of sp³-hybridized carbons (Fsp3) is 0.391. The van der Waals surface area contributed by atoms with E-state index in [2.05, 4.69) is 22.7 Å². The number of nitrogens with two attached hydrogens (primary N) is 1. The van der Waals surface area contributed by atoms with Crippen LogP contribution in [0.2, 0.25) is 0 Å². The van der Waals surface area contributed by atoms with Gasteiger partial charge in [0, 0.05) is 0 Å². The van der Waals surface area contributed by atoms with E-state index in [-0.39, 0.29) is 0 Å². The maximum Gasteiger partial charge on any atom is 0.332 e. The number of nitrogens with zero attached hydrogens (tertiary/aromatic N) is 1. The Morgan fingerprint density at radius 3 is 2.50 bits per heavy atom. The molecule has 1 fully saturated rings. The zero-order chi connectivity index (χ0) is 21.2. The molecule has 1 saturated carbocycles. The molecule has 0 aromatic heterocycles. The molecular formula is C23H29N3O4. The largest absolute Gasteiger partial charge is 0.493 e. The van der Waals surface area contributed by atoms with Crippen LogP contribution in [0.3, 0.4) is 0 Å². The molecule has 0 heterocycles. The SMILES string of the molecule is COc1cc(/C=N/NC(N)=O)ccc1OCCOc1ccc(C2CCCCC2)cc1. The van der Waals surface area contributed by atoms with Gasteiger partial charge >= 0.3 is 6.03 Å². The number of carbonyl (C=O) groups excluding carboxylic acids is 1. The lowest BCUT2D eigenvalue weighted by Crippen LogP contribution is -2.24. The minimum absolute atomic E-state index is 0.386. The number of hydrazone groups is 1. The molecule has 0 spiro atoms. The van der Waals surface area contributed by atoms with E-state index in [9.17, 15) is 4.79 Å². The number of rotatable bonds is 9. The van der Waals surface area contributed by atoms with Gasteiger partial charge in [-0.15, -0.1) is 0 Å². The van der Waals surface area contributed by atoms with Crippen molar-refractivity contribution >= 4 is 12.2 Å². The molecule has 0 atom stereocenters. The highest BCUT2D eigenvalue weighted by Gasteiger charge is 2.15. The van der Waals surface area contributed by atoms with E-state index in [0.717, 1.165) is 11.3 Å². The first-order valence-corrected chi connectivity index (χ1v) is 10.3. The van der Waals surface area contributed by atoms with Gasteiger partial charge in [0.25, 0.3) is 0 Å². The van der Waals surface area contributed by atoms with Crippen LogP contribution in [0.25, 0.3) is 0 Å². The van der Waals surface area contributed by atoms with Crippen LogP contribution in [-0.4, -0.2) is 32.6 Å². The van der Waals surface area contributed by atoms with E-state index in [1.165, 1.54) is 43.9 Å². The second-order valence-corrected chi connectivity index (χ2v) is 7.25. The summed E-state index contributed by atoms with van der Waals surface area (Å²) in [4.78, 5) is 10.6. The number of hydrogen-bond acceptors (Lipinski definition) is 5. The molecule has 3 rings (SSSR count). The molecule has 160 valence electrons. The Hall–Kier alpha value is -3.22. The Labute approximate surface area is 177 Å². The molecule has 0 bridgehead atoms. The van der Waals surface area contributed by atoms with Crippen molar-refractivity contribution in [2.24, 2.45) is 10.8 Å². The molecule has 2 aromatic carbocycles. The van der Waals surface area contributed by atoms with E-state index in [0.29, 0.717) is 30.6 Å². The lowest BCUT2D eigenvalue weighted by molar-refractivity contribution is 0.211. The maximum atomic E-state index is 10.6. The Bertz CT molecular complexity index is 846. The van der Waals surface area contributed by atoms with Crippen LogP contribution in [0.5, 0.6) is 17.2 Å². The van der Waals surface area contributed by atoms with Gasteiger partial charge in [-0.05, 0) is 60.2 Å². The summed E-state index contributed by atoms with van der Waals surface area (Å²) in [5, 5.41) is 3.73. The molecule has 0 unspecified atom stereocenters. The minimum atomic E-state index is -0.721. The summed E-state index contributed by atoms with van der Waals surface area (Å²) in [6.07, 6.45) is 8.09. The second-order valence-electron chi connectivity index (χ2n) is 7.25. The Balaban J connectivity index is 1.46. The second kappa shape index (κ2) is 11.1. The van der Waals surface area contributed by atoms with E-state index < -0.39 is 6.03 Å². The highest BCUT2D eigenvalue weighted by molar-refractivity contribution is 5.82. The van der Waals surface area contributed by atoms with Crippen LogP contribution in [0.1, 0.15) is 49.1 Å².